The van der Waals surface area contributed by atoms with E-state index < -0.39 is 0 Å². The summed E-state index contributed by atoms with van der Waals surface area (Å²) in [5.74, 6) is 0. The highest BCUT2D eigenvalue weighted by Gasteiger charge is 2.09. The smallest absolute Gasteiger partial charge is 0.0909 e. The van der Waals surface area contributed by atoms with Crippen molar-refractivity contribution in [1.82, 2.24) is 4.90 Å². The van der Waals surface area contributed by atoms with Crippen molar-refractivity contribution in [2.24, 2.45) is 0 Å². The lowest BCUT2D eigenvalue weighted by atomic mass is 10.4. The normalized spacial score (nSPS) is 12.8. The zero-order valence-electron chi connectivity index (χ0n) is 6.43. The Balaban J connectivity index is 3.89. The summed E-state index contributed by atoms with van der Waals surface area (Å²) in [5, 5.41) is 0. The van der Waals surface area contributed by atoms with E-state index in [0.717, 1.165) is 18.1 Å². The highest BCUT2D eigenvalue weighted by Crippen LogP contribution is 2.05. The fourth-order valence-corrected chi connectivity index (χ4v) is 1.39. The average molecular weight is 270 g/mol. The van der Waals surface area contributed by atoms with Gasteiger partial charge in [-0.05, 0) is 20.8 Å². The molecule has 3 heteroatoms. The number of thiocarbonyl (C=S) groups is 1. The summed E-state index contributed by atoms with van der Waals surface area (Å²) in [7, 11) is 0. The highest BCUT2D eigenvalue weighted by molar-refractivity contribution is 14.1. The van der Waals surface area contributed by atoms with Crippen LogP contribution in [-0.4, -0.2) is 26.9 Å². The van der Waals surface area contributed by atoms with Crippen LogP contribution in [-0.2, 0) is 0 Å². The van der Waals surface area contributed by atoms with Crippen LogP contribution in [0, 0.1) is 6.92 Å². The molecule has 1 radical (unpaired) electrons. The van der Waals surface area contributed by atoms with Crippen molar-refractivity contribution in [2.45, 2.75) is 17.8 Å². The van der Waals surface area contributed by atoms with E-state index in [4.69, 9.17) is 12.2 Å². The lowest BCUT2D eigenvalue weighted by Gasteiger charge is -2.23. The molecule has 0 heterocycles. The first kappa shape index (κ1) is 10.6. The first-order chi connectivity index (χ1) is 4.63. The fourth-order valence-electron chi connectivity index (χ4n) is 0.733. The zero-order valence-corrected chi connectivity index (χ0v) is 9.41. The predicted molar refractivity (Wildman–Crippen MR) is 58.7 cm³/mol. The largest absolute Gasteiger partial charge is 0.366 e. The molecule has 0 saturated carbocycles. The van der Waals surface area contributed by atoms with E-state index in [2.05, 4.69) is 48.3 Å². The van der Waals surface area contributed by atoms with Crippen LogP contribution >= 0.6 is 34.8 Å². The van der Waals surface area contributed by atoms with Crippen LogP contribution in [0.3, 0.4) is 0 Å². The maximum Gasteiger partial charge on any atom is 0.0909 e. The van der Waals surface area contributed by atoms with E-state index in [1.54, 1.807) is 0 Å². The minimum atomic E-state index is 0.229. The Morgan fingerprint density at radius 3 is 2.10 bits per heavy atom. The number of rotatable bonds is 3. The number of nitrogens with zero attached hydrogens (tertiary/aromatic N) is 1. The van der Waals surface area contributed by atoms with E-state index >= 15 is 0 Å². The summed E-state index contributed by atoms with van der Waals surface area (Å²) in [6.07, 6.45) is 0. The molecule has 0 spiro atoms. The third kappa shape index (κ3) is 3.14. The molecule has 0 rings (SSSR count). The molecule has 0 aromatic heterocycles. The van der Waals surface area contributed by atoms with Gasteiger partial charge < -0.3 is 4.90 Å². The Kier molecular flexibility index (Phi) is 5.62. The van der Waals surface area contributed by atoms with Gasteiger partial charge in [-0.15, -0.1) is 0 Å². The molecule has 0 N–H and O–H groups in total. The summed E-state index contributed by atoms with van der Waals surface area (Å²) in [6, 6.07) is 0. The van der Waals surface area contributed by atoms with Crippen LogP contribution in [0.4, 0.5) is 0 Å². The van der Waals surface area contributed by atoms with E-state index in [0.29, 0.717) is 0 Å². The van der Waals surface area contributed by atoms with Crippen molar-refractivity contribution in [3.05, 3.63) is 6.92 Å². The molecule has 0 aromatic rings. The molecule has 0 saturated heterocycles. The molecule has 0 aliphatic rings. The third-order valence-corrected chi connectivity index (χ3v) is 2.90. The highest BCUT2D eigenvalue weighted by atomic mass is 127. The Bertz CT molecular complexity index is 110. The number of hydrogen-bond acceptors (Lipinski definition) is 1. The zero-order chi connectivity index (χ0) is 8.15. The minimum Gasteiger partial charge on any atom is -0.366 e. The molecule has 59 valence electrons. The Hall–Kier alpha value is 0.620. The molecule has 0 amide bonds. The van der Waals surface area contributed by atoms with Gasteiger partial charge in [0.05, 0.1) is 8.91 Å². The summed E-state index contributed by atoms with van der Waals surface area (Å²) in [6.45, 7) is 10.1. The molecular formula is C7H13INS. The molecule has 0 aliphatic carbocycles. The van der Waals surface area contributed by atoms with Crippen LogP contribution in [0.15, 0.2) is 0 Å². The number of halogens is 1. The van der Waals surface area contributed by atoms with E-state index in [9.17, 15) is 0 Å². The summed E-state index contributed by atoms with van der Waals surface area (Å²) < 4.78 is 0.229. The van der Waals surface area contributed by atoms with Gasteiger partial charge in [-0.3, -0.25) is 0 Å². The van der Waals surface area contributed by atoms with Gasteiger partial charge in [0.1, 0.15) is 0 Å². The van der Waals surface area contributed by atoms with Gasteiger partial charge in [-0.1, -0.05) is 34.8 Å². The third-order valence-electron chi connectivity index (χ3n) is 1.34. The lowest BCUT2D eigenvalue weighted by molar-refractivity contribution is 0.469. The second-order valence-electron chi connectivity index (χ2n) is 1.98. The number of hydrogen-bond donors (Lipinski definition) is 0. The SMILES string of the molecule is [CH2]C(I)C(=S)N(CC)CC. The van der Waals surface area contributed by atoms with Crippen LogP contribution in [0.5, 0.6) is 0 Å². The van der Waals surface area contributed by atoms with Gasteiger partial charge in [-0.2, -0.15) is 0 Å². The topological polar surface area (TPSA) is 3.24 Å². The van der Waals surface area contributed by atoms with Gasteiger partial charge in [-0.25, -0.2) is 0 Å². The van der Waals surface area contributed by atoms with Crippen LogP contribution in [0.2, 0.25) is 0 Å². The summed E-state index contributed by atoms with van der Waals surface area (Å²) in [4.78, 5) is 3.12. The standard InChI is InChI=1S/C7H13INS/c1-4-9(5-2)7(10)6(3)8/h6H,3-5H2,1-2H3. The quantitative estimate of drug-likeness (QED) is 0.440. The van der Waals surface area contributed by atoms with Gasteiger partial charge in [0.2, 0.25) is 0 Å². The van der Waals surface area contributed by atoms with Gasteiger partial charge in [0.15, 0.2) is 0 Å². The molecule has 0 aromatic carbocycles. The molecule has 0 bridgehead atoms. The Morgan fingerprint density at radius 1 is 1.60 bits per heavy atom. The molecule has 0 fully saturated rings. The van der Waals surface area contributed by atoms with Crippen LogP contribution in [0.1, 0.15) is 13.8 Å². The van der Waals surface area contributed by atoms with Gasteiger partial charge in [0.25, 0.3) is 0 Å². The summed E-state index contributed by atoms with van der Waals surface area (Å²) in [5.41, 5.74) is 0. The molecule has 1 unspecified atom stereocenters. The molecule has 0 aliphatic heterocycles. The molecule has 1 nitrogen and oxygen atoms in total. The maximum absolute atomic E-state index is 5.15. The van der Waals surface area contributed by atoms with Crippen molar-refractivity contribution >= 4 is 39.8 Å². The minimum absolute atomic E-state index is 0.229. The van der Waals surface area contributed by atoms with Crippen molar-refractivity contribution < 1.29 is 0 Å². The van der Waals surface area contributed by atoms with Crippen molar-refractivity contribution in [3.63, 3.8) is 0 Å². The Morgan fingerprint density at radius 2 is 2.00 bits per heavy atom. The van der Waals surface area contributed by atoms with Crippen LogP contribution in [0.25, 0.3) is 0 Å². The monoisotopic (exact) mass is 270 g/mol. The van der Waals surface area contributed by atoms with E-state index in [1.807, 2.05) is 0 Å². The second-order valence-corrected chi connectivity index (χ2v) is 3.90. The van der Waals surface area contributed by atoms with Crippen LogP contribution < -0.4 is 0 Å². The molecule has 10 heavy (non-hydrogen) atoms. The van der Waals surface area contributed by atoms with Crippen molar-refractivity contribution in [1.29, 1.82) is 0 Å². The Labute approximate surface area is 82.3 Å². The summed E-state index contributed by atoms with van der Waals surface area (Å²) >= 11 is 7.39. The average Bonchev–Trinajstić information content (AvgIpc) is 1.90. The molecule has 1 atom stereocenters. The van der Waals surface area contributed by atoms with Gasteiger partial charge in [0, 0.05) is 13.1 Å². The maximum atomic E-state index is 5.15. The van der Waals surface area contributed by atoms with Crippen molar-refractivity contribution in [2.75, 3.05) is 13.1 Å². The second kappa shape index (κ2) is 5.29. The molecular weight excluding hydrogens is 257 g/mol. The number of alkyl halides is 1. The first-order valence-electron chi connectivity index (χ1n) is 3.39. The van der Waals surface area contributed by atoms with E-state index in [-0.39, 0.29) is 3.92 Å². The van der Waals surface area contributed by atoms with Gasteiger partial charge >= 0.3 is 0 Å². The fraction of sp³-hybridized carbons (Fsp3) is 0.714. The van der Waals surface area contributed by atoms with Crippen molar-refractivity contribution in [3.8, 4) is 0 Å². The predicted octanol–water partition coefficient (Wildman–Crippen LogP) is 2.29. The van der Waals surface area contributed by atoms with E-state index in [1.165, 1.54) is 0 Å². The first-order valence-corrected chi connectivity index (χ1v) is 5.04. The lowest BCUT2D eigenvalue weighted by Crippen LogP contribution is -2.33.